The molecule has 8 nitrogen and oxygen atoms in total. The number of rotatable bonds is 3. The van der Waals surface area contributed by atoms with Crippen molar-refractivity contribution in [1.82, 2.24) is 24.0 Å². The largest absolute Gasteiger partial charge is 0.337 e. The summed E-state index contributed by atoms with van der Waals surface area (Å²) in [6, 6.07) is 14.5. The van der Waals surface area contributed by atoms with Crippen LogP contribution in [0.2, 0.25) is 0 Å². The summed E-state index contributed by atoms with van der Waals surface area (Å²) < 4.78 is 3.34. The highest BCUT2D eigenvalue weighted by atomic mass is 16.2. The van der Waals surface area contributed by atoms with Gasteiger partial charge in [-0.3, -0.25) is 19.0 Å². The van der Waals surface area contributed by atoms with E-state index >= 15 is 0 Å². The molecule has 0 bridgehead atoms. The van der Waals surface area contributed by atoms with Crippen molar-refractivity contribution in [2.75, 3.05) is 13.1 Å². The Morgan fingerprint density at radius 3 is 2.56 bits per heavy atom. The Labute approximate surface area is 183 Å². The molecule has 1 aliphatic rings. The first-order chi connectivity index (χ1) is 15.5. The van der Waals surface area contributed by atoms with E-state index in [0.29, 0.717) is 41.6 Å². The van der Waals surface area contributed by atoms with E-state index in [4.69, 9.17) is 0 Å². The van der Waals surface area contributed by atoms with Crippen LogP contribution >= 0.6 is 0 Å². The molecule has 5 rings (SSSR count). The summed E-state index contributed by atoms with van der Waals surface area (Å²) in [5.41, 5.74) is 1.96. The molecule has 0 spiro atoms. The molecule has 0 unspecified atom stereocenters. The minimum Gasteiger partial charge on any atom is -0.337 e. The molecule has 0 fully saturated rings. The normalized spacial score (nSPS) is 14.0. The van der Waals surface area contributed by atoms with Gasteiger partial charge in [-0.2, -0.15) is 4.98 Å². The third-order valence-corrected chi connectivity index (χ3v) is 5.82. The Morgan fingerprint density at radius 1 is 1.03 bits per heavy atom. The zero-order valence-corrected chi connectivity index (χ0v) is 17.6. The number of carbonyl (C=O) groups is 1. The summed E-state index contributed by atoms with van der Waals surface area (Å²) in [5, 5.41) is 1.07. The molecule has 2 aromatic heterocycles. The van der Waals surface area contributed by atoms with Crippen molar-refractivity contribution in [3.8, 4) is 0 Å². The number of fused-ring (bicyclic) bond motifs is 2. The molecule has 8 heteroatoms. The number of aryl methyl sites for hydroxylation is 1. The quantitative estimate of drug-likeness (QED) is 0.500. The Hall–Kier alpha value is -4.07. The van der Waals surface area contributed by atoms with Crippen LogP contribution in [-0.4, -0.2) is 43.0 Å². The highest BCUT2D eigenvalue weighted by molar-refractivity contribution is 5.82. The van der Waals surface area contributed by atoms with Crippen molar-refractivity contribution in [3.05, 3.63) is 87.5 Å². The van der Waals surface area contributed by atoms with Gasteiger partial charge in [0, 0.05) is 25.2 Å². The maximum atomic E-state index is 12.9. The summed E-state index contributed by atoms with van der Waals surface area (Å²) in [4.78, 5) is 47.9. The number of amides is 1. The van der Waals surface area contributed by atoms with E-state index in [9.17, 15) is 14.4 Å². The molecular weight excluding hydrogens is 406 g/mol. The first-order valence-corrected chi connectivity index (χ1v) is 10.4. The van der Waals surface area contributed by atoms with Crippen LogP contribution < -0.4 is 11.1 Å². The average Bonchev–Trinajstić information content (AvgIpc) is 2.81. The van der Waals surface area contributed by atoms with Gasteiger partial charge >= 0.3 is 0 Å². The minimum atomic E-state index is -0.239. The van der Waals surface area contributed by atoms with E-state index < -0.39 is 0 Å². The molecular formula is C24H21N5O3. The van der Waals surface area contributed by atoms with E-state index in [1.165, 1.54) is 10.9 Å². The highest BCUT2D eigenvalue weighted by Gasteiger charge is 2.21. The number of para-hydroxylation sites is 2. The average molecular weight is 427 g/mol. The van der Waals surface area contributed by atoms with Crippen molar-refractivity contribution in [2.45, 2.75) is 19.9 Å². The van der Waals surface area contributed by atoms with Crippen molar-refractivity contribution in [1.29, 1.82) is 0 Å². The van der Waals surface area contributed by atoms with E-state index in [1.807, 2.05) is 41.8 Å². The molecule has 160 valence electrons. The highest BCUT2D eigenvalue weighted by Crippen LogP contribution is 2.22. The van der Waals surface area contributed by atoms with Crippen LogP contribution in [0.25, 0.3) is 27.5 Å². The number of hydrogen-bond acceptors (Lipinski definition) is 5. The zero-order valence-electron chi connectivity index (χ0n) is 17.6. The topological polar surface area (TPSA) is 90.1 Å². The van der Waals surface area contributed by atoms with Gasteiger partial charge in [-0.05, 0) is 37.3 Å². The van der Waals surface area contributed by atoms with E-state index in [0.717, 1.165) is 11.2 Å². The zero-order chi connectivity index (χ0) is 22.2. The van der Waals surface area contributed by atoms with Gasteiger partial charge in [0.15, 0.2) is 0 Å². The number of nitrogens with zero attached hydrogens (tertiary/aromatic N) is 5. The molecule has 0 N–H and O–H groups in total. The Morgan fingerprint density at radius 2 is 1.78 bits per heavy atom. The van der Waals surface area contributed by atoms with E-state index in [-0.39, 0.29) is 23.6 Å². The van der Waals surface area contributed by atoms with Gasteiger partial charge in [-0.1, -0.05) is 24.3 Å². The predicted octanol–water partition coefficient (Wildman–Crippen LogP) is 2.19. The summed E-state index contributed by atoms with van der Waals surface area (Å²) in [6.07, 6.45) is 4.02. The first kappa shape index (κ1) is 19.9. The van der Waals surface area contributed by atoms with Crippen molar-refractivity contribution >= 4 is 33.4 Å². The van der Waals surface area contributed by atoms with Crippen LogP contribution in [0, 0.1) is 6.92 Å². The lowest BCUT2D eigenvalue weighted by atomic mass is 10.1. The van der Waals surface area contributed by atoms with Gasteiger partial charge < -0.3 is 9.47 Å². The van der Waals surface area contributed by atoms with Gasteiger partial charge in [0.25, 0.3) is 11.1 Å². The van der Waals surface area contributed by atoms with Crippen LogP contribution in [0.3, 0.4) is 0 Å². The van der Waals surface area contributed by atoms with Gasteiger partial charge in [0.2, 0.25) is 5.91 Å². The first-order valence-electron chi connectivity index (χ1n) is 10.4. The van der Waals surface area contributed by atoms with Gasteiger partial charge in [-0.25, -0.2) is 4.98 Å². The van der Waals surface area contributed by atoms with Crippen LogP contribution in [0.1, 0.15) is 12.2 Å². The molecule has 1 aliphatic heterocycles. The van der Waals surface area contributed by atoms with Crippen LogP contribution in [0.4, 0.5) is 0 Å². The summed E-state index contributed by atoms with van der Waals surface area (Å²) in [5.74, 6) is 0.479. The summed E-state index contributed by atoms with van der Waals surface area (Å²) >= 11 is 0. The Bertz CT molecular complexity index is 1520. The van der Waals surface area contributed by atoms with Crippen molar-refractivity contribution in [2.24, 2.45) is 0 Å². The van der Waals surface area contributed by atoms with Crippen molar-refractivity contribution < 1.29 is 4.79 Å². The summed E-state index contributed by atoms with van der Waals surface area (Å²) in [6.45, 7) is 2.69. The maximum Gasteiger partial charge on any atom is 0.280 e. The van der Waals surface area contributed by atoms with Gasteiger partial charge in [-0.15, -0.1) is 0 Å². The molecule has 2 aromatic carbocycles. The van der Waals surface area contributed by atoms with E-state index in [1.54, 1.807) is 29.2 Å². The Kier molecular flexibility index (Phi) is 4.89. The fourth-order valence-electron chi connectivity index (χ4n) is 4.20. The van der Waals surface area contributed by atoms with Crippen molar-refractivity contribution in [3.63, 3.8) is 0 Å². The molecule has 0 radical (unpaired) electrons. The lowest BCUT2D eigenvalue weighted by molar-refractivity contribution is -0.131. The van der Waals surface area contributed by atoms with Gasteiger partial charge in [0.1, 0.15) is 12.4 Å². The van der Waals surface area contributed by atoms with E-state index in [2.05, 4.69) is 9.97 Å². The second-order valence-corrected chi connectivity index (χ2v) is 7.80. The van der Waals surface area contributed by atoms with Crippen LogP contribution in [-0.2, 0) is 11.3 Å². The monoisotopic (exact) mass is 427 g/mol. The van der Waals surface area contributed by atoms with Gasteiger partial charge in [0.05, 0.1) is 28.1 Å². The molecule has 0 saturated heterocycles. The SMILES string of the molecule is Cc1nc(=O)c2ccccc2n1C1=CCN(C(=O)Cn2cnc3ccccc3c2=O)CC1. The molecule has 4 aromatic rings. The second-order valence-electron chi connectivity index (χ2n) is 7.80. The fraction of sp³-hybridized carbons (Fsp3) is 0.208. The fourth-order valence-corrected chi connectivity index (χ4v) is 4.20. The summed E-state index contributed by atoms with van der Waals surface area (Å²) in [7, 11) is 0. The molecule has 1 amide bonds. The number of carbonyl (C=O) groups excluding carboxylic acids is 1. The third-order valence-electron chi connectivity index (χ3n) is 5.82. The molecule has 0 aliphatic carbocycles. The minimum absolute atomic E-state index is 0.0542. The standard InChI is InChI=1S/C24H21N5O3/c1-16-26-23(31)19-7-3-5-9-21(19)29(16)17-10-12-27(13-11-17)22(30)14-28-15-25-20-8-4-2-6-18(20)24(28)32/h2-10,15H,11-14H2,1H3. The third kappa shape index (κ3) is 3.39. The maximum absolute atomic E-state index is 12.9. The van der Waals surface area contributed by atoms with Crippen LogP contribution in [0.15, 0.2) is 70.5 Å². The smallest absolute Gasteiger partial charge is 0.280 e. The predicted molar refractivity (Wildman–Crippen MR) is 122 cm³/mol. The number of aromatic nitrogens is 4. The van der Waals surface area contributed by atoms with Crippen LogP contribution in [0.5, 0.6) is 0 Å². The molecule has 3 heterocycles. The second kappa shape index (κ2) is 7.88. The number of benzene rings is 2. The number of hydrogen-bond donors (Lipinski definition) is 0. The Balaban J connectivity index is 1.39. The lowest BCUT2D eigenvalue weighted by Crippen LogP contribution is -2.39. The molecule has 32 heavy (non-hydrogen) atoms. The molecule has 0 saturated carbocycles. The lowest BCUT2D eigenvalue weighted by Gasteiger charge is -2.28. The molecule has 0 atom stereocenters.